The topological polar surface area (TPSA) is 29.3 Å². The Balaban J connectivity index is 2.24. The first kappa shape index (κ1) is 14.0. The first-order valence-corrected chi connectivity index (χ1v) is 6.90. The zero-order valence-electron chi connectivity index (χ0n) is 10.7. The van der Waals surface area contributed by atoms with Crippen molar-refractivity contribution in [2.24, 2.45) is 0 Å². The second-order valence-corrected chi connectivity index (χ2v) is 5.10. The Morgan fingerprint density at radius 3 is 2.37 bits per heavy atom. The molecular formula is C15H16Cl2N2. The van der Waals surface area contributed by atoms with E-state index in [1.54, 1.807) is 6.07 Å². The molecule has 0 fully saturated rings. The lowest BCUT2D eigenvalue weighted by Crippen LogP contribution is -2.22. The third-order valence-electron chi connectivity index (χ3n) is 3.03. The lowest BCUT2D eigenvalue weighted by molar-refractivity contribution is 0.832. The van der Waals surface area contributed by atoms with Gasteiger partial charge in [0.15, 0.2) is 0 Å². The fourth-order valence-corrected chi connectivity index (χ4v) is 2.33. The highest BCUT2D eigenvalue weighted by Crippen LogP contribution is 2.28. The summed E-state index contributed by atoms with van der Waals surface area (Å²) in [6.45, 7) is 3.71. The lowest BCUT2D eigenvalue weighted by Gasteiger charge is -2.24. The van der Waals surface area contributed by atoms with Crippen LogP contribution in [-0.4, -0.2) is 6.54 Å². The molecule has 100 valence electrons. The van der Waals surface area contributed by atoms with Crippen molar-refractivity contribution in [3.8, 4) is 0 Å². The maximum atomic E-state index is 6.23. The summed E-state index contributed by atoms with van der Waals surface area (Å²) in [5, 5.41) is 1.21. The number of nitrogens with two attached hydrogens (primary N) is 1. The van der Waals surface area contributed by atoms with Gasteiger partial charge in [0.25, 0.3) is 0 Å². The van der Waals surface area contributed by atoms with E-state index in [1.807, 2.05) is 36.4 Å². The van der Waals surface area contributed by atoms with Gasteiger partial charge in [-0.05, 0) is 42.8 Å². The number of hydrogen-bond acceptors (Lipinski definition) is 2. The third kappa shape index (κ3) is 3.34. The Morgan fingerprint density at radius 2 is 1.74 bits per heavy atom. The molecule has 0 radical (unpaired) electrons. The number of rotatable bonds is 4. The van der Waals surface area contributed by atoms with Crippen LogP contribution in [0.5, 0.6) is 0 Å². The fourth-order valence-electron chi connectivity index (χ4n) is 1.95. The van der Waals surface area contributed by atoms with Gasteiger partial charge in [0.05, 0.1) is 10.0 Å². The van der Waals surface area contributed by atoms with Crippen molar-refractivity contribution in [2.75, 3.05) is 17.2 Å². The maximum absolute atomic E-state index is 6.23. The van der Waals surface area contributed by atoms with Gasteiger partial charge in [-0.3, -0.25) is 0 Å². The highest BCUT2D eigenvalue weighted by molar-refractivity contribution is 6.42. The van der Waals surface area contributed by atoms with Crippen molar-refractivity contribution >= 4 is 34.6 Å². The number of anilines is 2. The minimum atomic E-state index is 0.590. The molecule has 0 aromatic heterocycles. The molecule has 0 aliphatic heterocycles. The lowest BCUT2D eigenvalue weighted by atomic mass is 10.2. The van der Waals surface area contributed by atoms with E-state index in [-0.39, 0.29) is 0 Å². The summed E-state index contributed by atoms with van der Waals surface area (Å²) >= 11 is 12.3. The summed E-state index contributed by atoms with van der Waals surface area (Å²) in [5.74, 6) is 0. The standard InChI is InChI=1S/C15H16Cl2N2/c1-2-19(13-8-6-12(18)7-9-13)10-11-4-3-5-14(16)15(11)17/h3-9H,2,10,18H2,1H3. The molecule has 4 heteroatoms. The van der Waals surface area contributed by atoms with Crippen LogP contribution in [0.25, 0.3) is 0 Å². The Morgan fingerprint density at radius 1 is 1.05 bits per heavy atom. The molecule has 2 N–H and O–H groups in total. The van der Waals surface area contributed by atoms with E-state index in [2.05, 4.69) is 11.8 Å². The quantitative estimate of drug-likeness (QED) is 0.835. The third-order valence-corrected chi connectivity index (χ3v) is 3.89. The minimum absolute atomic E-state index is 0.590. The van der Waals surface area contributed by atoms with Crippen LogP contribution >= 0.6 is 23.2 Å². The van der Waals surface area contributed by atoms with Gasteiger partial charge in [-0.1, -0.05) is 35.3 Å². The van der Waals surface area contributed by atoms with Crippen molar-refractivity contribution in [3.05, 3.63) is 58.1 Å². The first-order chi connectivity index (χ1) is 9.11. The van der Waals surface area contributed by atoms with E-state index >= 15 is 0 Å². The monoisotopic (exact) mass is 294 g/mol. The van der Waals surface area contributed by atoms with Gasteiger partial charge < -0.3 is 10.6 Å². The molecule has 0 spiro atoms. The second kappa shape index (κ2) is 6.18. The Bertz CT molecular complexity index is 553. The molecule has 0 unspecified atom stereocenters. The molecule has 0 saturated carbocycles. The number of halogens is 2. The summed E-state index contributed by atoms with van der Waals surface area (Å²) in [7, 11) is 0. The molecule has 19 heavy (non-hydrogen) atoms. The predicted molar refractivity (Wildman–Crippen MR) is 84.0 cm³/mol. The molecule has 0 atom stereocenters. The average molecular weight is 295 g/mol. The van der Waals surface area contributed by atoms with Gasteiger partial charge in [0, 0.05) is 24.5 Å². The normalized spacial score (nSPS) is 10.5. The van der Waals surface area contributed by atoms with Crippen LogP contribution in [0.2, 0.25) is 10.0 Å². The maximum Gasteiger partial charge on any atom is 0.0642 e. The van der Waals surface area contributed by atoms with Crippen molar-refractivity contribution in [2.45, 2.75) is 13.5 Å². The molecule has 0 bridgehead atoms. The van der Waals surface area contributed by atoms with Gasteiger partial charge in [0.2, 0.25) is 0 Å². The van der Waals surface area contributed by atoms with Gasteiger partial charge in [-0.25, -0.2) is 0 Å². The Hall–Kier alpha value is -1.38. The van der Waals surface area contributed by atoms with E-state index in [0.29, 0.717) is 10.0 Å². The summed E-state index contributed by atoms with van der Waals surface area (Å²) in [6.07, 6.45) is 0. The number of nitrogens with zero attached hydrogens (tertiary/aromatic N) is 1. The number of hydrogen-bond donors (Lipinski definition) is 1. The van der Waals surface area contributed by atoms with E-state index < -0.39 is 0 Å². The van der Waals surface area contributed by atoms with Crippen molar-refractivity contribution in [1.29, 1.82) is 0 Å². The average Bonchev–Trinajstić information content (AvgIpc) is 2.42. The van der Waals surface area contributed by atoms with E-state index in [4.69, 9.17) is 28.9 Å². The zero-order valence-corrected chi connectivity index (χ0v) is 12.2. The zero-order chi connectivity index (χ0) is 13.8. The second-order valence-electron chi connectivity index (χ2n) is 4.32. The van der Waals surface area contributed by atoms with Gasteiger partial charge >= 0.3 is 0 Å². The van der Waals surface area contributed by atoms with Crippen LogP contribution in [0.3, 0.4) is 0 Å². The molecule has 2 aromatic rings. The van der Waals surface area contributed by atoms with Crippen LogP contribution in [0.15, 0.2) is 42.5 Å². The molecular weight excluding hydrogens is 279 g/mol. The molecule has 2 aromatic carbocycles. The van der Waals surface area contributed by atoms with Crippen molar-refractivity contribution < 1.29 is 0 Å². The Labute approximate surface area is 123 Å². The van der Waals surface area contributed by atoms with E-state index in [0.717, 1.165) is 30.0 Å². The van der Waals surface area contributed by atoms with Gasteiger partial charge in [-0.15, -0.1) is 0 Å². The summed E-state index contributed by atoms with van der Waals surface area (Å²) in [5.41, 5.74) is 8.61. The molecule has 0 heterocycles. The molecule has 2 rings (SSSR count). The largest absolute Gasteiger partial charge is 0.399 e. The highest BCUT2D eigenvalue weighted by Gasteiger charge is 2.09. The fraction of sp³-hybridized carbons (Fsp3) is 0.200. The first-order valence-electron chi connectivity index (χ1n) is 6.15. The van der Waals surface area contributed by atoms with E-state index in [1.165, 1.54) is 0 Å². The van der Waals surface area contributed by atoms with Crippen LogP contribution < -0.4 is 10.6 Å². The van der Waals surface area contributed by atoms with Crippen molar-refractivity contribution in [1.82, 2.24) is 0 Å². The van der Waals surface area contributed by atoms with E-state index in [9.17, 15) is 0 Å². The summed E-state index contributed by atoms with van der Waals surface area (Å²) in [4.78, 5) is 2.22. The number of benzene rings is 2. The molecule has 0 amide bonds. The SMILES string of the molecule is CCN(Cc1cccc(Cl)c1Cl)c1ccc(N)cc1. The number of nitrogen functional groups attached to an aromatic ring is 1. The minimum Gasteiger partial charge on any atom is -0.399 e. The van der Waals surface area contributed by atoms with Crippen LogP contribution in [-0.2, 0) is 6.54 Å². The smallest absolute Gasteiger partial charge is 0.0642 e. The highest BCUT2D eigenvalue weighted by atomic mass is 35.5. The molecule has 2 nitrogen and oxygen atoms in total. The van der Waals surface area contributed by atoms with Crippen LogP contribution in [0, 0.1) is 0 Å². The molecule has 0 aliphatic rings. The van der Waals surface area contributed by atoms with Crippen LogP contribution in [0.4, 0.5) is 11.4 Å². The van der Waals surface area contributed by atoms with Crippen LogP contribution in [0.1, 0.15) is 12.5 Å². The van der Waals surface area contributed by atoms with Gasteiger partial charge in [0.1, 0.15) is 0 Å². The summed E-state index contributed by atoms with van der Waals surface area (Å²) in [6, 6.07) is 13.5. The Kier molecular flexibility index (Phi) is 4.56. The molecule has 0 saturated heterocycles. The predicted octanol–water partition coefficient (Wildman–Crippen LogP) is 4.60. The van der Waals surface area contributed by atoms with Gasteiger partial charge in [-0.2, -0.15) is 0 Å². The van der Waals surface area contributed by atoms with Crippen molar-refractivity contribution in [3.63, 3.8) is 0 Å². The molecule has 0 aliphatic carbocycles. The summed E-state index contributed by atoms with van der Waals surface area (Å²) < 4.78 is 0.